The first-order chi connectivity index (χ1) is 18.9. The zero-order chi connectivity index (χ0) is 29.2. The van der Waals surface area contributed by atoms with E-state index in [4.69, 9.17) is 5.73 Å². The van der Waals surface area contributed by atoms with Gasteiger partial charge in [-0.2, -0.15) is 0 Å². The predicted octanol–water partition coefficient (Wildman–Crippen LogP) is 2.42. The molecule has 1 aliphatic heterocycles. The van der Waals surface area contributed by atoms with Gasteiger partial charge in [0.1, 0.15) is 12.1 Å². The maximum atomic E-state index is 14.2. The van der Waals surface area contributed by atoms with Crippen LogP contribution in [0.4, 0.5) is 0 Å². The van der Waals surface area contributed by atoms with Crippen LogP contribution in [0, 0.1) is 30.1 Å². The van der Waals surface area contributed by atoms with Crippen LogP contribution in [0.25, 0.3) is 0 Å². The van der Waals surface area contributed by atoms with Gasteiger partial charge in [0.15, 0.2) is 0 Å². The number of likely N-dealkylation sites (tertiary alicyclic amines) is 1. The van der Waals surface area contributed by atoms with Crippen molar-refractivity contribution in [1.29, 1.82) is 0 Å². The number of primary amides is 1. The van der Waals surface area contributed by atoms with Crippen molar-refractivity contribution >= 4 is 29.4 Å². The number of carbonyl (C=O) groups is 5. The molecule has 4 N–H and O–H groups in total. The Morgan fingerprint density at radius 1 is 1.07 bits per heavy atom. The van der Waals surface area contributed by atoms with Crippen molar-refractivity contribution in [2.24, 2.45) is 28.9 Å². The van der Waals surface area contributed by atoms with Gasteiger partial charge in [0.2, 0.25) is 23.5 Å². The average Bonchev–Trinajstić information content (AvgIpc) is 3.23. The summed E-state index contributed by atoms with van der Waals surface area (Å²) in [6.45, 7) is 8.43. The van der Waals surface area contributed by atoms with E-state index in [0.29, 0.717) is 13.0 Å². The van der Waals surface area contributed by atoms with Gasteiger partial charge in [0.05, 0.1) is 12.5 Å². The Morgan fingerprint density at radius 2 is 1.77 bits per heavy atom. The average molecular weight is 553 g/mol. The molecule has 1 heterocycles. The molecule has 0 aromatic heterocycles. The zero-order valence-corrected chi connectivity index (χ0v) is 24.2. The van der Waals surface area contributed by atoms with Crippen LogP contribution in [0.5, 0.6) is 0 Å². The van der Waals surface area contributed by atoms with Crippen molar-refractivity contribution in [3.8, 4) is 0 Å². The van der Waals surface area contributed by atoms with Gasteiger partial charge in [0.25, 0.3) is 5.91 Å². The Kier molecular flexibility index (Phi) is 9.00. The second kappa shape index (κ2) is 12.1. The van der Waals surface area contributed by atoms with Crippen molar-refractivity contribution in [2.45, 2.75) is 97.2 Å². The first-order valence-corrected chi connectivity index (χ1v) is 14.7. The Balaban J connectivity index is 1.56. The molecule has 0 bridgehead atoms. The number of hydrogen-bond acceptors (Lipinski definition) is 5. The van der Waals surface area contributed by atoms with Crippen molar-refractivity contribution in [3.63, 3.8) is 0 Å². The standard InChI is InChI=1S/C31H44N4O5/c1-5-10-22(27(37)28(32)38)33-29(39)26-24-21(31(24,3)4)17-35(26)30(40)25(20-13-7-6-8-14-20)34-23(36)16-19-12-9-11-18(2)15-19/h9,11-12,15,20-22,24-26H,5-8,10,13-14,16-17H2,1-4H3,(H2,32,38)(H,33,39)(H,34,36)/t21?,22?,24?,25-,26-/m0/s1. The van der Waals surface area contributed by atoms with Crippen LogP contribution in [-0.2, 0) is 30.4 Å². The Hall–Kier alpha value is -3.23. The first kappa shape index (κ1) is 29.7. The largest absolute Gasteiger partial charge is 0.363 e. The zero-order valence-electron chi connectivity index (χ0n) is 24.2. The summed E-state index contributed by atoms with van der Waals surface area (Å²) < 4.78 is 0. The molecule has 0 spiro atoms. The lowest BCUT2D eigenvalue weighted by molar-refractivity contribution is -0.145. The monoisotopic (exact) mass is 552 g/mol. The van der Waals surface area contributed by atoms with E-state index in [-0.39, 0.29) is 47.8 Å². The van der Waals surface area contributed by atoms with Gasteiger partial charge in [-0.1, -0.05) is 76.3 Å². The Morgan fingerprint density at radius 3 is 2.40 bits per heavy atom. The number of fused-ring (bicyclic) bond motifs is 1. The number of nitrogens with two attached hydrogens (primary N) is 1. The highest BCUT2D eigenvalue weighted by Crippen LogP contribution is 2.65. The molecule has 4 rings (SSSR count). The van der Waals surface area contributed by atoms with Gasteiger partial charge in [0, 0.05) is 6.54 Å². The van der Waals surface area contributed by atoms with E-state index in [9.17, 15) is 24.0 Å². The summed E-state index contributed by atoms with van der Waals surface area (Å²) in [5.41, 5.74) is 7.06. The Labute approximate surface area is 237 Å². The molecular formula is C31H44N4O5. The first-order valence-electron chi connectivity index (χ1n) is 14.7. The molecule has 40 heavy (non-hydrogen) atoms. The number of aryl methyl sites for hydroxylation is 1. The van der Waals surface area contributed by atoms with Crippen LogP contribution in [-0.4, -0.2) is 59.0 Å². The highest BCUT2D eigenvalue weighted by molar-refractivity contribution is 6.37. The fourth-order valence-electron chi connectivity index (χ4n) is 7.06. The summed E-state index contributed by atoms with van der Waals surface area (Å²) in [7, 11) is 0. The lowest BCUT2D eigenvalue weighted by Crippen LogP contribution is -2.59. The number of amides is 4. The molecule has 3 unspecified atom stereocenters. The molecular weight excluding hydrogens is 508 g/mol. The van der Waals surface area contributed by atoms with Gasteiger partial charge >= 0.3 is 0 Å². The molecule has 3 aliphatic rings. The minimum atomic E-state index is -1.09. The lowest BCUT2D eigenvalue weighted by atomic mass is 9.83. The summed E-state index contributed by atoms with van der Waals surface area (Å²) in [5, 5.41) is 5.81. The van der Waals surface area contributed by atoms with E-state index in [1.807, 2.05) is 38.1 Å². The SMILES string of the molecule is CCCC(NC(=O)[C@@H]1C2C(CN1C(=O)[C@@H](NC(=O)Cc1cccc(C)c1)C1CCCCC1)C2(C)C)C(=O)C(N)=O. The number of hydrogen-bond donors (Lipinski definition) is 3. The molecule has 2 saturated carbocycles. The van der Waals surface area contributed by atoms with Crippen LogP contribution in [0.15, 0.2) is 24.3 Å². The highest BCUT2D eigenvalue weighted by Gasteiger charge is 2.69. The molecule has 9 nitrogen and oxygen atoms in total. The van der Waals surface area contributed by atoms with Crippen LogP contribution < -0.4 is 16.4 Å². The highest BCUT2D eigenvalue weighted by atomic mass is 16.2. The number of nitrogens with one attached hydrogen (secondary N) is 2. The van der Waals surface area contributed by atoms with Crippen LogP contribution >= 0.6 is 0 Å². The molecule has 0 radical (unpaired) electrons. The van der Waals surface area contributed by atoms with Crippen molar-refractivity contribution in [2.75, 3.05) is 6.54 Å². The molecule has 4 amide bonds. The summed E-state index contributed by atoms with van der Waals surface area (Å²) in [4.78, 5) is 66.8. The van der Waals surface area contributed by atoms with Gasteiger partial charge in [-0.05, 0) is 54.9 Å². The number of ketones is 1. The number of carbonyl (C=O) groups excluding carboxylic acids is 5. The van der Waals surface area contributed by atoms with Crippen LogP contribution in [0.3, 0.4) is 0 Å². The molecule has 9 heteroatoms. The predicted molar refractivity (Wildman–Crippen MR) is 151 cm³/mol. The maximum absolute atomic E-state index is 14.2. The third-order valence-corrected chi connectivity index (χ3v) is 9.36. The normalized spacial score (nSPS) is 24.9. The minimum absolute atomic E-state index is 0.000590. The molecule has 3 fully saturated rings. The second-order valence-electron chi connectivity index (χ2n) is 12.6. The quantitative estimate of drug-likeness (QED) is 0.362. The fraction of sp³-hybridized carbons (Fsp3) is 0.645. The van der Waals surface area contributed by atoms with E-state index < -0.39 is 35.7 Å². The van der Waals surface area contributed by atoms with Crippen LogP contribution in [0.2, 0.25) is 0 Å². The topological polar surface area (TPSA) is 139 Å². The summed E-state index contributed by atoms with van der Waals surface area (Å²) in [6.07, 6.45) is 5.82. The number of Topliss-reactive ketones (excluding diaryl/α,β-unsaturated/α-hetero) is 1. The molecule has 2 aliphatic carbocycles. The number of piperidine rings is 1. The molecule has 1 aromatic carbocycles. The summed E-state index contributed by atoms with van der Waals surface area (Å²) in [6, 6.07) is 5.26. The molecule has 5 atom stereocenters. The maximum Gasteiger partial charge on any atom is 0.287 e. The number of benzene rings is 1. The van der Waals surface area contributed by atoms with Crippen molar-refractivity contribution in [1.82, 2.24) is 15.5 Å². The number of nitrogens with zero attached hydrogens (tertiary/aromatic N) is 1. The second-order valence-corrected chi connectivity index (χ2v) is 12.6. The fourth-order valence-corrected chi connectivity index (χ4v) is 7.06. The smallest absolute Gasteiger partial charge is 0.287 e. The van der Waals surface area contributed by atoms with Crippen molar-refractivity contribution in [3.05, 3.63) is 35.4 Å². The third-order valence-electron chi connectivity index (χ3n) is 9.36. The van der Waals surface area contributed by atoms with Gasteiger partial charge < -0.3 is 21.3 Å². The van der Waals surface area contributed by atoms with E-state index in [2.05, 4.69) is 24.5 Å². The summed E-state index contributed by atoms with van der Waals surface area (Å²) in [5.74, 6) is -2.71. The molecule has 218 valence electrons. The molecule has 1 saturated heterocycles. The van der Waals surface area contributed by atoms with Gasteiger partial charge in [-0.25, -0.2) is 0 Å². The van der Waals surface area contributed by atoms with Gasteiger partial charge in [-0.3, -0.25) is 24.0 Å². The van der Waals surface area contributed by atoms with Crippen LogP contribution in [0.1, 0.15) is 76.8 Å². The van der Waals surface area contributed by atoms with E-state index >= 15 is 0 Å². The molecule has 1 aromatic rings. The van der Waals surface area contributed by atoms with E-state index in [0.717, 1.165) is 43.2 Å². The van der Waals surface area contributed by atoms with Gasteiger partial charge in [-0.15, -0.1) is 0 Å². The van der Waals surface area contributed by atoms with E-state index in [1.165, 1.54) is 0 Å². The number of rotatable bonds is 11. The third kappa shape index (κ3) is 6.23. The summed E-state index contributed by atoms with van der Waals surface area (Å²) >= 11 is 0. The van der Waals surface area contributed by atoms with Crippen molar-refractivity contribution < 1.29 is 24.0 Å². The lowest BCUT2D eigenvalue weighted by Gasteiger charge is -2.37. The Bertz CT molecular complexity index is 1160. The van der Waals surface area contributed by atoms with E-state index in [1.54, 1.807) is 4.90 Å². The minimum Gasteiger partial charge on any atom is -0.363 e.